The number of amides is 1. The number of ether oxygens (including phenoxy) is 1. The van der Waals surface area contributed by atoms with E-state index in [4.69, 9.17) is 32.9 Å². The first-order valence-electron chi connectivity index (χ1n) is 9.77. The van der Waals surface area contributed by atoms with Gasteiger partial charge in [0.25, 0.3) is 5.56 Å². The maximum atomic E-state index is 13.2. The van der Waals surface area contributed by atoms with Gasteiger partial charge < -0.3 is 10.1 Å². The maximum absolute atomic E-state index is 13.2. The smallest absolute Gasteiger partial charge is 0.263 e. The van der Waals surface area contributed by atoms with Gasteiger partial charge in [-0.25, -0.2) is 4.98 Å². The molecule has 6 nitrogen and oxygen atoms in total. The molecular weight excluding hydrogens is 477 g/mol. The first-order chi connectivity index (χ1) is 14.8. The molecule has 0 saturated carbocycles. The highest BCUT2D eigenvalue weighted by molar-refractivity contribution is 7.99. The van der Waals surface area contributed by atoms with Crippen molar-refractivity contribution < 1.29 is 9.53 Å². The van der Waals surface area contributed by atoms with Crippen molar-refractivity contribution >= 4 is 68.1 Å². The average molecular weight is 500 g/mol. The van der Waals surface area contributed by atoms with Crippen molar-refractivity contribution in [2.24, 2.45) is 0 Å². The van der Waals surface area contributed by atoms with Gasteiger partial charge in [-0.2, -0.15) is 0 Å². The van der Waals surface area contributed by atoms with Crippen LogP contribution in [0.15, 0.2) is 28.2 Å². The third kappa shape index (κ3) is 5.81. The van der Waals surface area contributed by atoms with E-state index in [0.29, 0.717) is 57.3 Å². The van der Waals surface area contributed by atoms with Gasteiger partial charge in [-0.1, -0.05) is 35.0 Å². The molecular formula is C21H23Cl2N3O3S2. The number of rotatable bonds is 9. The van der Waals surface area contributed by atoms with E-state index >= 15 is 0 Å². The van der Waals surface area contributed by atoms with E-state index < -0.39 is 0 Å². The molecule has 0 aliphatic carbocycles. The summed E-state index contributed by atoms with van der Waals surface area (Å²) >= 11 is 14.7. The van der Waals surface area contributed by atoms with E-state index in [2.05, 4.69) is 5.32 Å². The van der Waals surface area contributed by atoms with Gasteiger partial charge in [0.05, 0.1) is 21.8 Å². The monoisotopic (exact) mass is 499 g/mol. The van der Waals surface area contributed by atoms with Crippen LogP contribution in [0.25, 0.3) is 10.2 Å². The fourth-order valence-corrected chi connectivity index (χ4v) is 5.34. The normalized spacial score (nSPS) is 11.3. The molecule has 166 valence electrons. The van der Waals surface area contributed by atoms with Gasteiger partial charge in [-0.15, -0.1) is 11.3 Å². The molecule has 10 heteroatoms. The molecule has 0 saturated heterocycles. The summed E-state index contributed by atoms with van der Waals surface area (Å²) < 4.78 is 7.05. The Kier molecular flexibility index (Phi) is 8.41. The van der Waals surface area contributed by atoms with Crippen LogP contribution in [0, 0.1) is 13.8 Å². The van der Waals surface area contributed by atoms with Crippen LogP contribution in [-0.4, -0.2) is 34.4 Å². The number of hydrogen-bond donors (Lipinski definition) is 1. The summed E-state index contributed by atoms with van der Waals surface area (Å²) in [5.41, 5.74) is 1.37. The summed E-state index contributed by atoms with van der Waals surface area (Å²) in [4.78, 5) is 32.2. The van der Waals surface area contributed by atoms with Gasteiger partial charge in [-0.3, -0.25) is 14.2 Å². The second-order valence-corrected chi connectivity index (χ2v) is 9.82. The van der Waals surface area contributed by atoms with Gasteiger partial charge in [0.1, 0.15) is 4.83 Å². The summed E-state index contributed by atoms with van der Waals surface area (Å²) in [5.74, 6) is -0.158. The van der Waals surface area contributed by atoms with Crippen LogP contribution in [0.2, 0.25) is 10.0 Å². The average Bonchev–Trinajstić information content (AvgIpc) is 3.01. The topological polar surface area (TPSA) is 73.2 Å². The number of anilines is 1. The maximum Gasteiger partial charge on any atom is 0.263 e. The molecule has 0 aliphatic heterocycles. The fourth-order valence-electron chi connectivity index (χ4n) is 2.99. The van der Waals surface area contributed by atoms with E-state index in [-0.39, 0.29) is 17.2 Å². The van der Waals surface area contributed by atoms with Crippen molar-refractivity contribution in [2.75, 3.05) is 24.3 Å². The number of thiophene rings is 1. The van der Waals surface area contributed by atoms with Crippen LogP contribution in [0.4, 0.5) is 5.69 Å². The number of nitrogens with zero attached hydrogens (tertiary/aromatic N) is 2. The van der Waals surface area contributed by atoms with E-state index in [9.17, 15) is 9.59 Å². The van der Waals surface area contributed by atoms with Crippen LogP contribution in [-0.2, 0) is 16.1 Å². The fraction of sp³-hybridized carbons (Fsp3) is 0.381. The molecule has 0 unspecified atom stereocenters. The number of carbonyl (C=O) groups is 1. The Labute approximate surface area is 198 Å². The lowest BCUT2D eigenvalue weighted by Gasteiger charge is -2.12. The lowest BCUT2D eigenvalue weighted by molar-refractivity contribution is -0.113. The summed E-state index contributed by atoms with van der Waals surface area (Å²) in [5, 5.41) is 4.80. The number of halogens is 2. The van der Waals surface area contributed by atoms with Crippen molar-refractivity contribution in [3.05, 3.63) is 49.0 Å². The predicted molar refractivity (Wildman–Crippen MR) is 130 cm³/mol. The van der Waals surface area contributed by atoms with E-state index in [1.807, 2.05) is 20.8 Å². The number of aromatic nitrogens is 2. The molecule has 1 amide bonds. The first-order valence-corrected chi connectivity index (χ1v) is 12.3. The Morgan fingerprint density at radius 3 is 2.81 bits per heavy atom. The number of nitrogens with one attached hydrogen (secondary N) is 1. The van der Waals surface area contributed by atoms with Crippen molar-refractivity contribution in [1.29, 1.82) is 0 Å². The molecule has 3 aromatic rings. The lowest BCUT2D eigenvalue weighted by Crippen LogP contribution is -2.25. The zero-order chi connectivity index (χ0) is 22.5. The van der Waals surface area contributed by atoms with Crippen LogP contribution in [0.1, 0.15) is 23.8 Å². The summed E-state index contributed by atoms with van der Waals surface area (Å²) in [6, 6.07) is 4.88. The minimum atomic E-state index is -0.247. The van der Waals surface area contributed by atoms with Gasteiger partial charge in [0.2, 0.25) is 5.91 Å². The largest absolute Gasteiger partial charge is 0.382 e. The first kappa shape index (κ1) is 24.1. The Morgan fingerprint density at radius 2 is 2.10 bits per heavy atom. The number of aryl methyl sites for hydroxylation is 2. The van der Waals surface area contributed by atoms with Crippen LogP contribution >= 0.6 is 46.3 Å². The molecule has 1 aromatic carbocycles. The van der Waals surface area contributed by atoms with Gasteiger partial charge >= 0.3 is 0 Å². The van der Waals surface area contributed by atoms with Crippen molar-refractivity contribution in [3.63, 3.8) is 0 Å². The molecule has 0 spiro atoms. The van der Waals surface area contributed by atoms with Crippen LogP contribution in [0.5, 0.6) is 0 Å². The van der Waals surface area contributed by atoms with Crippen LogP contribution < -0.4 is 10.9 Å². The molecule has 0 radical (unpaired) electrons. The molecule has 2 heterocycles. The van der Waals surface area contributed by atoms with E-state index in [1.165, 1.54) is 23.1 Å². The second kappa shape index (κ2) is 10.8. The zero-order valence-electron chi connectivity index (χ0n) is 17.5. The molecule has 3 rings (SSSR count). The van der Waals surface area contributed by atoms with Crippen molar-refractivity contribution in [2.45, 2.75) is 38.9 Å². The molecule has 0 aliphatic rings. The Balaban J connectivity index is 1.82. The summed E-state index contributed by atoms with van der Waals surface area (Å²) in [6.45, 7) is 7.52. The van der Waals surface area contributed by atoms with Crippen LogP contribution in [0.3, 0.4) is 0 Å². The van der Waals surface area contributed by atoms with Gasteiger partial charge in [0, 0.05) is 29.7 Å². The predicted octanol–water partition coefficient (Wildman–Crippen LogP) is 5.54. The third-order valence-electron chi connectivity index (χ3n) is 4.67. The van der Waals surface area contributed by atoms with Gasteiger partial charge in [-0.05, 0) is 51.0 Å². The molecule has 31 heavy (non-hydrogen) atoms. The summed E-state index contributed by atoms with van der Waals surface area (Å²) in [6.07, 6.45) is 0.684. The number of carbonyl (C=O) groups excluding carboxylic acids is 1. The molecule has 0 bridgehead atoms. The third-order valence-corrected chi connectivity index (χ3v) is 7.29. The SMILES string of the molecule is CCOCCCn1c(SCC(=O)Nc2ccc(Cl)cc2Cl)nc2sc(C)c(C)c2c1=O. The zero-order valence-corrected chi connectivity index (χ0v) is 20.6. The Bertz CT molecular complexity index is 1160. The quantitative estimate of drug-likeness (QED) is 0.237. The minimum absolute atomic E-state index is 0.0768. The van der Waals surface area contributed by atoms with Crippen molar-refractivity contribution in [1.82, 2.24) is 9.55 Å². The number of hydrogen-bond acceptors (Lipinski definition) is 6. The lowest BCUT2D eigenvalue weighted by atomic mass is 10.2. The molecule has 0 atom stereocenters. The highest BCUT2D eigenvalue weighted by atomic mass is 35.5. The molecule has 1 N–H and O–H groups in total. The highest BCUT2D eigenvalue weighted by Gasteiger charge is 2.18. The number of thioether (sulfide) groups is 1. The summed E-state index contributed by atoms with van der Waals surface area (Å²) in [7, 11) is 0. The highest BCUT2D eigenvalue weighted by Crippen LogP contribution is 2.29. The Hall–Kier alpha value is -1.58. The van der Waals surface area contributed by atoms with Gasteiger partial charge in [0.15, 0.2) is 5.16 Å². The van der Waals surface area contributed by atoms with Crippen molar-refractivity contribution in [3.8, 4) is 0 Å². The van der Waals surface area contributed by atoms with E-state index in [1.54, 1.807) is 22.8 Å². The number of fused-ring (bicyclic) bond motifs is 1. The second-order valence-electron chi connectivity index (χ2n) is 6.83. The molecule has 2 aromatic heterocycles. The molecule has 0 fully saturated rings. The Morgan fingerprint density at radius 1 is 1.32 bits per heavy atom. The standard InChI is InChI=1S/C21H23Cl2N3O3S2/c1-4-29-9-5-8-26-20(28)18-12(2)13(3)31-19(18)25-21(26)30-11-17(27)24-16-7-6-14(22)10-15(16)23/h6-7,10H,4-5,8-9,11H2,1-3H3,(H,24,27). The van der Waals surface area contributed by atoms with E-state index in [0.717, 1.165) is 10.4 Å². The number of benzene rings is 1. The minimum Gasteiger partial charge on any atom is -0.382 e.